The molecule has 0 amide bonds. The van der Waals surface area contributed by atoms with Gasteiger partial charge in [-0.05, 0) is 47.9 Å². The summed E-state index contributed by atoms with van der Waals surface area (Å²) in [6.07, 6.45) is 1.54. The van der Waals surface area contributed by atoms with Crippen molar-refractivity contribution in [3.8, 4) is 22.5 Å². The molecule has 9 heteroatoms. The molecule has 4 rings (SSSR count). The summed E-state index contributed by atoms with van der Waals surface area (Å²) >= 11 is 0. The molecule has 1 N–H and O–H groups in total. The Labute approximate surface area is 191 Å². The summed E-state index contributed by atoms with van der Waals surface area (Å²) in [5, 5.41) is 14.2. The van der Waals surface area contributed by atoms with E-state index in [4.69, 9.17) is 4.74 Å². The van der Waals surface area contributed by atoms with E-state index < -0.39 is 5.97 Å². The molecule has 0 radical (unpaired) electrons. The maximum Gasteiger partial charge on any atom is 0.343 e. The van der Waals surface area contributed by atoms with Crippen LogP contribution in [0, 0.1) is 6.92 Å². The van der Waals surface area contributed by atoms with Crippen LogP contribution in [0.4, 0.5) is 5.82 Å². The molecule has 4 aromatic rings. The molecule has 9 nitrogen and oxygen atoms in total. The second-order valence-corrected chi connectivity index (χ2v) is 7.38. The van der Waals surface area contributed by atoms with Gasteiger partial charge in [0.2, 0.25) is 0 Å². The minimum absolute atomic E-state index is 0.297. The number of carbonyl (C=O) groups excluding carboxylic acids is 1. The Bertz CT molecular complexity index is 1220. The number of carbonyl (C=O) groups is 1. The van der Waals surface area contributed by atoms with E-state index in [1.165, 1.54) is 6.20 Å². The van der Waals surface area contributed by atoms with Crippen molar-refractivity contribution in [2.45, 2.75) is 27.3 Å². The largest absolute Gasteiger partial charge is 0.462 e. The Kier molecular flexibility index (Phi) is 6.68. The number of benzene rings is 2. The number of rotatable bonds is 8. The van der Waals surface area contributed by atoms with Crippen molar-refractivity contribution in [3.05, 3.63) is 71.7 Å². The third kappa shape index (κ3) is 4.87. The van der Waals surface area contributed by atoms with Crippen molar-refractivity contribution in [1.82, 2.24) is 30.6 Å². The summed E-state index contributed by atoms with van der Waals surface area (Å²) in [5.74, 6) is 1.39. The highest BCUT2D eigenvalue weighted by Crippen LogP contribution is 2.30. The van der Waals surface area contributed by atoms with Crippen molar-refractivity contribution >= 4 is 11.8 Å². The average molecular weight is 444 g/mol. The maximum absolute atomic E-state index is 12.4. The van der Waals surface area contributed by atoms with Gasteiger partial charge in [-0.25, -0.2) is 19.9 Å². The molecule has 33 heavy (non-hydrogen) atoms. The molecule has 0 unspecified atom stereocenters. The Balaban J connectivity index is 1.60. The van der Waals surface area contributed by atoms with Crippen molar-refractivity contribution in [1.29, 1.82) is 0 Å². The van der Waals surface area contributed by atoms with Gasteiger partial charge in [-0.3, -0.25) is 0 Å². The van der Waals surface area contributed by atoms with Gasteiger partial charge >= 0.3 is 5.97 Å². The predicted octanol–water partition coefficient (Wildman–Crippen LogP) is 3.84. The molecule has 2 heterocycles. The predicted molar refractivity (Wildman–Crippen MR) is 124 cm³/mol. The fourth-order valence-corrected chi connectivity index (χ4v) is 3.61. The van der Waals surface area contributed by atoms with Gasteiger partial charge in [-0.15, -0.1) is 5.10 Å². The topological polar surface area (TPSA) is 110 Å². The number of aryl methyl sites for hydroxylation is 1. The van der Waals surface area contributed by atoms with Crippen LogP contribution in [0.15, 0.2) is 54.7 Å². The lowest BCUT2D eigenvalue weighted by Crippen LogP contribution is -2.26. The summed E-state index contributed by atoms with van der Waals surface area (Å²) in [7, 11) is 0. The van der Waals surface area contributed by atoms with Crippen LogP contribution in [0.2, 0.25) is 0 Å². The Hall–Kier alpha value is -4.14. The molecule has 0 fully saturated rings. The van der Waals surface area contributed by atoms with Crippen LogP contribution in [0.25, 0.3) is 22.5 Å². The number of esters is 1. The van der Waals surface area contributed by atoms with Crippen molar-refractivity contribution in [2.24, 2.45) is 0 Å². The number of hydrogen-bond acceptors (Lipinski definition) is 8. The second kappa shape index (κ2) is 9.99. The Morgan fingerprint density at radius 3 is 2.48 bits per heavy atom. The number of H-pyrrole nitrogens is 1. The lowest BCUT2D eigenvalue weighted by Gasteiger charge is -2.24. The van der Waals surface area contributed by atoms with E-state index >= 15 is 0 Å². The zero-order valence-electron chi connectivity index (χ0n) is 18.8. The zero-order valence-corrected chi connectivity index (χ0v) is 18.8. The molecule has 168 valence electrons. The van der Waals surface area contributed by atoms with E-state index in [-0.39, 0.29) is 0 Å². The Morgan fingerprint density at radius 1 is 1.06 bits per heavy atom. The number of nitrogens with zero attached hydrogens (tertiary/aromatic N) is 6. The van der Waals surface area contributed by atoms with Crippen molar-refractivity contribution in [3.63, 3.8) is 0 Å². The third-order valence-electron chi connectivity index (χ3n) is 5.23. The molecule has 0 saturated carbocycles. The first-order valence-corrected chi connectivity index (χ1v) is 10.8. The molecule has 0 atom stereocenters. The zero-order chi connectivity index (χ0) is 23.2. The number of ether oxygens (including phenoxy) is 1. The minimum atomic E-state index is -0.417. The molecule has 2 aromatic carbocycles. The number of nitrogens with one attached hydrogen (secondary N) is 1. The highest BCUT2D eigenvalue weighted by atomic mass is 16.5. The van der Waals surface area contributed by atoms with Gasteiger partial charge in [0.05, 0.1) is 6.61 Å². The lowest BCUT2D eigenvalue weighted by molar-refractivity contribution is 0.0526. The van der Waals surface area contributed by atoms with Crippen LogP contribution >= 0.6 is 0 Å². The monoisotopic (exact) mass is 443 g/mol. The van der Waals surface area contributed by atoms with Gasteiger partial charge in [0.25, 0.3) is 0 Å². The van der Waals surface area contributed by atoms with E-state index in [1.807, 2.05) is 43.0 Å². The molecule has 0 saturated heterocycles. The van der Waals surface area contributed by atoms with Gasteiger partial charge in [0, 0.05) is 24.8 Å². The summed E-state index contributed by atoms with van der Waals surface area (Å²) in [6, 6.07) is 16.3. The number of hydrogen-bond donors (Lipinski definition) is 1. The van der Waals surface area contributed by atoms with E-state index in [0.29, 0.717) is 42.7 Å². The minimum Gasteiger partial charge on any atom is -0.462 e. The quantitative estimate of drug-likeness (QED) is 0.409. The molecule has 0 spiro atoms. The van der Waals surface area contributed by atoms with Crippen molar-refractivity contribution < 1.29 is 9.53 Å². The van der Waals surface area contributed by atoms with Crippen LogP contribution in [0.3, 0.4) is 0 Å². The summed E-state index contributed by atoms with van der Waals surface area (Å²) in [4.78, 5) is 23.2. The first-order valence-electron chi connectivity index (χ1n) is 10.8. The van der Waals surface area contributed by atoms with Crippen LogP contribution in [-0.2, 0) is 11.3 Å². The van der Waals surface area contributed by atoms with E-state index in [1.54, 1.807) is 6.92 Å². The van der Waals surface area contributed by atoms with Gasteiger partial charge < -0.3 is 9.64 Å². The van der Waals surface area contributed by atoms with E-state index in [9.17, 15) is 4.79 Å². The molecule has 0 bridgehead atoms. The molecular weight excluding hydrogens is 418 g/mol. The fourth-order valence-electron chi connectivity index (χ4n) is 3.61. The van der Waals surface area contributed by atoms with Crippen molar-refractivity contribution in [2.75, 3.05) is 18.1 Å². The van der Waals surface area contributed by atoms with E-state index in [2.05, 4.69) is 54.9 Å². The van der Waals surface area contributed by atoms with Crippen LogP contribution in [0.5, 0.6) is 0 Å². The number of tetrazole rings is 1. The highest BCUT2D eigenvalue weighted by molar-refractivity contribution is 5.94. The number of aromatic amines is 1. The third-order valence-corrected chi connectivity index (χ3v) is 5.23. The summed E-state index contributed by atoms with van der Waals surface area (Å²) < 4.78 is 5.20. The summed E-state index contributed by atoms with van der Waals surface area (Å²) in [6.45, 7) is 7.18. The van der Waals surface area contributed by atoms with E-state index in [0.717, 1.165) is 22.3 Å². The second-order valence-electron chi connectivity index (χ2n) is 7.38. The normalized spacial score (nSPS) is 10.8. The summed E-state index contributed by atoms with van der Waals surface area (Å²) in [5.41, 5.74) is 4.48. The SMILES string of the molecule is CCOC(=O)c1cnc(C)nc1N(CC)Cc1ccc(-c2ccccc2-c2nnn[nH]2)cc1. The van der Waals surface area contributed by atoms with Crippen LogP contribution < -0.4 is 4.90 Å². The molecule has 2 aromatic heterocycles. The molecule has 0 aliphatic rings. The smallest absolute Gasteiger partial charge is 0.343 e. The van der Waals surface area contributed by atoms with Gasteiger partial charge in [-0.2, -0.15) is 0 Å². The van der Waals surface area contributed by atoms with Gasteiger partial charge in [-0.1, -0.05) is 48.5 Å². The standard InChI is InChI=1S/C24H25N7O2/c1-4-31(23-21(24(32)33-5-2)14-25-16(3)26-23)15-17-10-12-18(13-11-17)19-8-6-7-9-20(19)22-27-29-30-28-22/h6-14H,4-5,15H2,1-3H3,(H,27,28,29,30). The first kappa shape index (κ1) is 22.1. The average Bonchev–Trinajstić information content (AvgIpc) is 3.38. The van der Waals surface area contributed by atoms with Gasteiger partial charge in [0.15, 0.2) is 5.82 Å². The Morgan fingerprint density at radius 2 is 1.82 bits per heavy atom. The maximum atomic E-state index is 12.4. The lowest BCUT2D eigenvalue weighted by atomic mass is 9.98. The first-order chi connectivity index (χ1) is 16.1. The highest BCUT2D eigenvalue weighted by Gasteiger charge is 2.20. The molecule has 0 aliphatic carbocycles. The van der Waals surface area contributed by atoms with Gasteiger partial charge in [0.1, 0.15) is 17.2 Å². The number of aromatic nitrogens is 6. The number of anilines is 1. The fraction of sp³-hybridized carbons (Fsp3) is 0.250. The van der Waals surface area contributed by atoms with Crippen LogP contribution in [-0.4, -0.2) is 49.7 Å². The van der Waals surface area contributed by atoms with Crippen LogP contribution in [0.1, 0.15) is 35.6 Å². The molecule has 0 aliphatic heterocycles. The molecular formula is C24H25N7O2.